The van der Waals surface area contributed by atoms with E-state index in [2.05, 4.69) is 17.6 Å². The van der Waals surface area contributed by atoms with Gasteiger partial charge in [-0.05, 0) is 43.2 Å². The topological polar surface area (TPSA) is 67.4 Å². The van der Waals surface area contributed by atoms with Crippen LogP contribution in [-0.2, 0) is 9.53 Å². The third-order valence-corrected chi connectivity index (χ3v) is 4.66. The summed E-state index contributed by atoms with van der Waals surface area (Å²) in [5.74, 6) is 0.591. The zero-order chi connectivity index (χ0) is 18.6. The summed E-state index contributed by atoms with van der Waals surface area (Å²) in [4.78, 5) is 26.0. The highest BCUT2D eigenvalue weighted by atomic mass is 32.2. The lowest BCUT2D eigenvalue weighted by atomic mass is 9.91. The lowest BCUT2D eigenvalue weighted by molar-refractivity contribution is -0.143. The zero-order valence-electron chi connectivity index (χ0n) is 15.4. The standard InChI is InChI=1S/C19H26N2O3S/c1-6-25-14-9-7-13(8-10-14)17-15(18(22)24-12(4)5)16(11(2)3)20-19(23)21-17/h7-12,17H,6H2,1-5H3,(H2,20,21,23). The van der Waals surface area contributed by atoms with Gasteiger partial charge in [0.05, 0.1) is 17.7 Å². The van der Waals surface area contributed by atoms with Crippen molar-refractivity contribution in [3.63, 3.8) is 0 Å². The second-order valence-electron chi connectivity index (χ2n) is 6.47. The summed E-state index contributed by atoms with van der Waals surface area (Å²) >= 11 is 1.75. The summed E-state index contributed by atoms with van der Waals surface area (Å²) in [6, 6.07) is 7.11. The number of carbonyl (C=O) groups excluding carboxylic acids is 2. The molecule has 1 aliphatic heterocycles. The lowest BCUT2D eigenvalue weighted by Crippen LogP contribution is -2.47. The minimum atomic E-state index is -0.516. The second-order valence-corrected chi connectivity index (χ2v) is 7.81. The number of amides is 2. The van der Waals surface area contributed by atoms with Crippen LogP contribution >= 0.6 is 11.8 Å². The van der Waals surface area contributed by atoms with Gasteiger partial charge in [-0.2, -0.15) is 0 Å². The second kappa shape index (κ2) is 8.43. The van der Waals surface area contributed by atoms with Gasteiger partial charge >= 0.3 is 12.0 Å². The molecule has 25 heavy (non-hydrogen) atoms. The Kier molecular flexibility index (Phi) is 6.53. The number of ether oxygens (including phenoxy) is 1. The van der Waals surface area contributed by atoms with Crippen molar-refractivity contribution in [1.82, 2.24) is 10.6 Å². The molecule has 1 aromatic rings. The highest BCUT2D eigenvalue weighted by molar-refractivity contribution is 7.99. The molecular formula is C19H26N2O3S. The van der Waals surface area contributed by atoms with E-state index in [9.17, 15) is 9.59 Å². The SMILES string of the molecule is CCSc1ccc(C2NC(=O)NC(C(C)C)=C2C(=O)OC(C)C)cc1. The van der Waals surface area contributed by atoms with E-state index in [1.165, 1.54) is 0 Å². The van der Waals surface area contributed by atoms with E-state index < -0.39 is 12.0 Å². The highest BCUT2D eigenvalue weighted by Gasteiger charge is 2.35. The van der Waals surface area contributed by atoms with Crippen LogP contribution in [-0.4, -0.2) is 23.9 Å². The van der Waals surface area contributed by atoms with E-state index in [0.29, 0.717) is 11.3 Å². The third-order valence-electron chi connectivity index (χ3n) is 3.77. The van der Waals surface area contributed by atoms with Crippen molar-refractivity contribution in [2.24, 2.45) is 5.92 Å². The van der Waals surface area contributed by atoms with Gasteiger partial charge in [0, 0.05) is 10.6 Å². The number of benzene rings is 1. The first kappa shape index (κ1) is 19.4. The molecule has 5 nitrogen and oxygen atoms in total. The Labute approximate surface area is 153 Å². The number of allylic oxidation sites excluding steroid dienone is 1. The number of hydrogen-bond acceptors (Lipinski definition) is 4. The Bertz CT molecular complexity index is 666. The van der Waals surface area contributed by atoms with E-state index in [1.54, 1.807) is 11.8 Å². The van der Waals surface area contributed by atoms with Gasteiger partial charge in [-0.1, -0.05) is 32.9 Å². The highest BCUT2D eigenvalue weighted by Crippen LogP contribution is 2.31. The Balaban J connectivity index is 2.45. The zero-order valence-corrected chi connectivity index (χ0v) is 16.2. The predicted octanol–water partition coefficient (Wildman–Crippen LogP) is 4.01. The molecule has 1 atom stereocenters. The molecule has 0 saturated heterocycles. The Hall–Kier alpha value is -1.95. The van der Waals surface area contributed by atoms with Crippen LogP contribution in [0.3, 0.4) is 0 Å². The van der Waals surface area contributed by atoms with Gasteiger partial charge in [-0.15, -0.1) is 11.8 Å². The number of hydrogen-bond donors (Lipinski definition) is 2. The van der Waals surface area contributed by atoms with Crippen molar-refractivity contribution in [2.45, 2.75) is 51.7 Å². The third kappa shape index (κ3) is 4.78. The van der Waals surface area contributed by atoms with Gasteiger partial charge in [-0.3, -0.25) is 0 Å². The Morgan fingerprint density at radius 1 is 1.20 bits per heavy atom. The first-order valence-electron chi connectivity index (χ1n) is 8.58. The molecule has 0 bridgehead atoms. The van der Waals surface area contributed by atoms with Crippen molar-refractivity contribution in [1.29, 1.82) is 0 Å². The van der Waals surface area contributed by atoms with Crippen molar-refractivity contribution >= 4 is 23.8 Å². The maximum absolute atomic E-state index is 12.7. The minimum Gasteiger partial charge on any atom is -0.459 e. The fourth-order valence-corrected chi connectivity index (χ4v) is 3.38. The van der Waals surface area contributed by atoms with Gasteiger partial charge in [0.25, 0.3) is 0 Å². The Morgan fingerprint density at radius 2 is 1.84 bits per heavy atom. The molecular weight excluding hydrogens is 336 g/mol. The fourth-order valence-electron chi connectivity index (χ4n) is 2.72. The maximum Gasteiger partial charge on any atom is 0.338 e. The van der Waals surface area contributed by atoms with Crippen LogP contribution in [0.2, 0.25) is 0 Å². The summed E-state index contributed by atoms with van der Waals surface area (Å²) in [6.07, 6.45) is -0.227. The molecule has 1 unspecified atom stereocenters. The number of carbonyl (C=O) groups is 2. The molecule has 0 spiro atoms. The van der Waals surface area contributed by atoms with Gasteiger partial charge in [-0.25, -0.2) is 9.59 Å². The van der Waals surface area contributed by atoms with Crippen LogP contribution in [0.1, 0.15) is 46.2 Å². The summed E-state index contributed by atoms with van der Waals surface area (Å²) in [5, 5.41) is 5.63. The molecule has 2 N–H and O–H groups in total. The molecule has 1 heterocycles. The Morgan fingerprint density at radius 3 is 2.36 bits per heavy atom. The molecule has 1 aromatic carbocycles. The van der Waals surface area contributed by atoms with Crippen LogP contribution in [0.25, 0.3) is 0 Å². The van der Waals surface area contributed by atoms with Crippen molar-refractivity contribution < 1.29 is 14.3 Å². The normalized spacial score (nSPS) is 17.6. The smallest absolute Gasteiger partial charge is 0.338 e. The molecule has 2 rings (SSSR count). The monoisotopic (exact) mass is 362 g/mol. The average molecular weight is 362 g/mol. The van der Waals surface area contributed by atoms with Crippen LogP contribution in [0.4, 0.5) is 4.79 Å². The molecule has 0 aromatic heterocycles. The van der Waals surface area contributed by atoms with E-state index >= 15 is 0 Å². The number of thioether (sulfide) groups is 1. The number of esters is 1. The largest absolute Gasteiger partial charge is 0.459 e. The van der Waals surface area contributed by atoms with Gasteiger partial charge in [0.2, 0.25) is 0 Å². The average Bonchev–Trinajstić information content (AvgIpc) is 2.54. The molecule has 0 fully saturated rings. The minimum absolute atomic E-state index is 0.00168. The maximum atomic E-state index is 12.7. The van der Waals surface area contributed by atoms with Crippen LogP contribution in [0.15, 0.2) is 40.4 Å². The molecule has 0 aliphatic carbocycles. The first-order chi connectivity index (χ1) is 11.8. The first-order valence-corrected chi connectivity index (χ1v) is 9.57. The van der Waals surface area contributed by atoms with Crippen LogP contribution in [0.5, 0.6) is 0 Å². The quantitative estimate of drug-likeness (QED) is 0.593. The fraction of sp³-hybridized carbons (Fsp3) is 0.474. The van der Waals surface area contributed by atoms with Crippen molar-refractivity contribution in [3.8, 4) is 0 Å². The van der Waals surface area contributed by atoms with Gasteiger partial charge in [0.1, 0.15) is 0 Å². The van der Waals surface area contributed by atoms with E-state index in [4.69, 9.17) is 4.74 Å². The molecule has 0 radical (unpaired) electrons. The number of rotatable bonds is 6. The van der Waals surface area contributed by atoms with Crippen LogP contribution < -0.4 is 10.6 Å². The number of nitrogens with one attached hydrogen (secondary N) is 2. The van der Waals surface area contributed by atoms with E-state index in [-0.39, 0.29) is 18.1 Å². The molecule has 6 heteroatoms. The van der Waals surface area contributed by atoms with Gasteiger partial charge in [0.15, 0.2) is 0 Å². The summed E-state index contributed by atoms with van der Waals surface area (Å²) in [7, 11) is 0. The predicted molar refractivity (Wildman–Crippen MR) is 100 cm³/mol. The van der Waals surface area contributed by atoms with Crippen molar-refractivity contribution in [3.05, 3.63) is 41.1 Å². The summed E-state index contributed by atoms with van der Waals surface area (Å²) < 4.78 is 5.43. The number of urea groups is 1. The van der Waals surface area contributed by atoms with E-state index in [0.717, 1.165) is 16.2 Å². The van der Waals surface area contributed by atoms with Crippen molar-refractivity contribution in [2.75, 3.05) is 5.75 Å². The van der Waals surface area contributed by atoms with Crippen LogP contribution in [0, 0.1) is 5.92 Å². The van der Waals surface area contributed by atoms with Gasteiger partial charge < -0.3 is 15.4 Å². The molecule has 1 aliphatic rings. The summed E-state index contributed by atoms with van der Waals surface area (Å²) in [5.41, 5.74) is 1.95. The molecule has 0 saturated carbocycles. The molecule has 2 amide bonds. The lowest BCUT2D eigenvalue weighted by Gasteiger charge is -2.31. The molecule has 136 valence electrons. The van der Waals surface area contributed by atoms with E-state index in [1.807, 2.05) is 52.0 Å². The summed E-state index contributed by atoms with van der Waals surface area (Å²) in [6.45, 7) is 9.62.